The molecule has 3 atom stereocenters. The monoisotopic (exact) mass is 403 g/mol. The van der Waals surface area contributed by atoms with E-state index < -0.39 is 0 Å². The van der Waals surface area contributed by atoms with Gasteiger partial charge in [0.1, 0.15) is 5.82 Å². The highest BCUT2D eigenvalue weighted by atomic mass is 35.5. The van der Waals surface area contributed by atoms with Gasteiger partial charge < -0.3 is 10.6 Å². The number of halogens is 2. The van der Waals surface area contributed by atoms with E-state index in [4.69, 9.17) is 17.3 Å². The SMILES string of the molecule is C[C@@H]1CN(C(=O)CC(N)c2ccc(Cl)cc2)[C@@H](C)CN1Cc1ccc(F)cc1. The summed E-state index contributed by atoms with van der Waals surface area (Å²) in [6.45, 7) is 6.37. The standard InChI is InChI=1S/C22H27ClFN3O/c1-15-13-27(22(28)11-21(25)18-5-7-19(23)8-6-18)16(2)12-26(15)14-17-3-9-20(24)10-4-17/h3-10,15-16,21H,11-14,25H2,1-2H3/t15-,16+,21?/m1/s1. The Kier molecular flexibility index (Phi) is 6.70. The van der Waals surface area contributed by atoms with Crippen molar-refractivity contribution in [3.8, 4) is 0 Å². The van der Waals surface area contributed by atoms with Crippen LogP contribution in [0.2, 0.25) is 5.02 Å². The lowest BCUT2D eigenvalue weighted by molar-refractivity contribution is -0.137. The van der Waals surface area contributed by atoms with Crippen molar-refractivity contribution < 1.29 is 9.18 Å². The van der Waals surface area contributed by atoms with Gasteiger partial charge in [0.25, 0.3) is 0 Å². The van der Waals surface area contributed by atoms with Crippen molar-refractivity contribution in [2.45, 2.75) is 44.9 Å². The van der Waals surface area contributed by atoms with Crippen LogP contribution < -0.4 is 5.73 Å². The van der Waals surface area contributed by atoms with E-state index in [0.29, 0.717) is 11.6 Å². The van der Waals surface area contributed by atoms with Gasteiger partial charge in [-0.3, -0.25) is 9.69 Å². The number of rotatable bonds is 5. The van der Waals surface area contributed by atoms with Gasteiger partial charge in [0.2, 0.25) is 5.91 Å². The summed E-state index contributed by atoms with van der Waals surface area (Å²) in [6.07, 6.45) is 0.274. The van der Waals surface area contributed by atoms with Crippen LogP contribution in [0.15, 0.2) is 48.5 Å². The van der Waals surface area contributed by atoms with Gasteiger partial charge in [-0.15, -0.1) is 0 Å². The van der Waals surface area contributed by atoms with Crippen LogP contribution in [0.4, 0.5) is 4.39 Å². The second kappa shape index (κ2) is 9.03. The number of piperazine rings is 1. The number of hydrogen-bond donors (Lipinski definition) is 1. The van der Waals surface area contributed by atoms with Gasteiger partial charge in [-0.2, -0.15) is 0 Å². The van der Waals surface area contributed by atoms with Crippen LogP contribution >= 0.6 is 11.6 Å². The first-order valence-electron chi connectivity index (χ1n) is 9.62. The predicted molar refractivity (Wildman–Crippen MR) is 110 cm³/mol. The molecule has 3 rings (SSSR count). The quantitative estimate of drug-likeness (QED) is 0.821. The molecule has 4 nitrogen and oxygen atoms in total. The number of amides is 1. The number of hydrogen-bond acceptors (Lipinski definition) is 3. The summed E-state index contributed by atoms with van der Waals surface area (Å²) < 4.78 is 13.1. The first kappa shape index (κ1) is 20.8. The molecule has 1 saturated heterocycles. The topological polar surface area (TPSA) is 49.6 Å². The zero-order valence-corrected chi connectivity index (χ0v) is 17.1. The summed E-state index contributed by atoms with van der Waals surface area (Å²) in [6, 6.07) is 13.9. The molecule has 0 saturated carbocycles. The molecule has 1 aliphatic rings. The largest absolute Gasteiger partial charge is 0.337 e. The van der Waals surface area contributed by atoms with Crippen molar-refractivity contribution in [1.82, 2.24) is 9.80 Å². The van der Waals surface area contributed by atoms with E-state index in [0.717, 1.165) is 24.2 Å². The van der Waals surface area contributed by atoms with E-state index in [1.54, 1.807) is 12.1 Å². The molecular formula is C22H27ClFN3O. The van der Waals surface area contributed by atoms with Crippen molar-refractivity contribution in [1.29, 1.82) is 0 Å². The fraction of sp³-hybridized carbons (Fsp3) is 0.409. The van der Waals surface area contributed by atoms with E-state index in [1.165, 1.54) is 12.1 Å². The van der Waals surface area contributed by atoms with Gasteiger partial charge in [0.15, 0.2) is 0 Å². The average molecular weight is 404 g/mol. The summed E-state index contributed by atoms with van der Waals surface area (Å²) in [7, 11) is 0. The molecule has 1 unspecified atom stereocenters. The lowest BCUT2D eigenvalue weighted by Crippen LogP contribution is -2.57. The summed E-state index contributed by atoms with van der Waals surface area (Å²) in [5, 5.41) is 0.655. The summed E-state index contributed by atoms with van der Waals surface area (Å²) >= 11 is 5.92. The third-order valence-corrected chi connectivity index (χ3v) is 5.68. The molecule has 1 heterocycles. The second-order valence-electron chi connectivity index (χ2n) is 7.66. The van der Waals surface area contributed by atoms with E-state index in [-0.39, 0.29) is 36.3 Å². The van der Waals surface area contributed by atoms with Crippen molar-refractivity contribution in [2.24, 2.45) is 5.73 Å². The van der Waals surface area contributed by atoms with Gasteiger partial charge in [0, 0.05) is 49.2 Å². The highest BCUT2D eigenvalue weighted by Crippen LogP contribution is 2.22. The smallest absolute Gasteiger partial charge is 0.224 e. The third kappa shape index (κ3) is 5.10. The van der Waals surface area contributed by atoms with E-state index >= 15 is 0 Å². The maximum Gasteiger partial charge on any atom is 0.224 e. The molecule has 0 radical (unpaired) electrons. The lowest BCUT2D eigenvalue weighted by atomic mass is 10.0. The fourth-order valence-corrected chi connectivity index (χ4v) is 3.85. The summed E-state index contributed by atoms with van der Waals surface area (Å²) in [4.78, 5) is 17.1. The Hall–Kier alpha value is -1.95. The number of nitrogens with two attached hydrogens (primary N) is 1. The van der Waals surface area contributed by atoms with Gasteiger partial charge >= 0.3 is 0 Å². The summed E-state index contributed by atoms with van der Waals surface area (Å²) in [5.74, 6) is -0.152. The molecule has 2 N–H and O–H groups in total. The number of carbonyl (C=O) groups excluding carboxylic acids is 1. The van der Waals surface area contributed by atoms with Crippen molar-refractivity contribution >= 4 is 17.5 Å². The Morgan fingerprint density at radius 3 is 2.39 bits per heavy atom. The molecule has 2 aromatic rings. The van der Waals surface area contributed by atoms with Gasteiger partial charge in [0.05, 0.1) is 0 Å². The average Bonchev–Trinajstić information content (AvgIpc) is 2.66. The predicted octanol–water partition coefficient (Wildman–Crippen LogP) is 3.99. The summed E-state index contributed by atoms with van der Waals surface area (Å²) in [5.41, 5.74) is 8.23. The maximum atomic E-state index is 13.1. The maximum absolute atomic E-state index is 13.1. The van der Waals surface area contributed by atoms with Crippen molar-refractivity contribution in [3.05, 3.63) is 70.5 Å². The fourth-order valence-electron chi connectivity index (χ4n) is 3.72. The highest BCUT2D eigenvalue weighted by Gasteiger charge is 2.32. The molecule has 0 aromatic heterocycles. The first-order chi connectivity index (χ1) is 13.3. The molecule has 1 fully saturated rings. The molecule has 0 spiro atoms. The molecule has 2 aromatic carbocycles. The normalized spacial score (nSPS) is 21.5. The van der Waals surface area contributed by atoms with Gasteiger partial charge in [-0.25, -0.2) is 4.39 Å². The van der Waals surface area contributed by atoms with Crippen LogP contribution in [0.3, 0.4) is 0 Å². The first-order valence-corrected chi connectivity index (χ1v) is 10.0. The van der Waals surface area contributed by atoms with Gasteiger partial charge in [-0.1, -0.05) is 35.9 Å². The van der Waals surface area contributed by atoms with Crippen molar-refractivity contribution in [2.75, 3.05) is 13.1 Å². The number of benzene rings is 2. The van der Waals surface area contributed by atoms with Crippen LogP contribution in [-0.4, -0.2) is 40.9 Å². The Morgan fingerprint density at radius 1 is 1.11 bits per heavy atom. The minimum absolute atomic E-state index is 0.0724. The molecular weight excluding hydrogens is 377 g/mol. The zero-order valence-electron chi connectivity index (χ0n) is 16.3. The van der Waals surface area contributed by atoms with E-state index in [2.05, 4.69) is 18.7 Å². The van der Waals surface area contributed by atoms with Crippen LogP contribution in [0.25, 0.3) is 0 Å². The van der Waals surface area contributed by atoms with Gasteiger partial charge in [-0.05, 0) is 49.2 Å². The molecule has 1 amide bonds. The van der Waals surface area contributed by atoms with Crippen LogP contribution in [0.1, 0.15) is 37.4 Å². The molecule has 0 bridgehead atoms. The van der Waals surface area contributed by atoms with E-state index in [9.17, 15) is 9.18 Å². The number of carbonyl (C=O) groups is 1. The molecule has 6 heteroatoms. The minimum Gasteiger partial charge on any atom is -0.337 e. The molecule has 150 valence electrons. The Labute approximate surface area is 171 Å². The second-order valence-corrected chi connectivity index (χ2v) is 8.10. The Bertz CT molecular complexity index is 796. The van der Waals surface area contributed by atoms with E-state index in [1.807, 2.05) is 29.2 Å². The molecule has 0 aliphatic carbocycles. The molecule has 28 heavy (non-hydrogen) atoms. The Balaban J connectivity index is 1.59. The zero-order chi connectivity index (χ0) is 20.3. The minimum atomic E-state index is -0.343. The molecule has 1 aliphatic heterocycles. The van der Waals surface area contributed by atoms with Crippen LogP contribution in [-0.2, 0) is 11.3 Å². The lowest BCUT2D eigenvalue weighted by Gasteiger charge is -2.44. The van der Waals surface area contributed by atoms with Crippen LogP contribution in [0, 0.1) is 5.82 Å². The third-order valence-electron chi connectivity index (χ3n) is 5.43. The van der Waals surface area contributed by atoms with Crippen molar-refractivity contribution in [3.63, 3.8) is 0 Å². The number of nitrogens with zero attached hydrogens (tertiary/aromatic N) is 2. The van der Waals surface area contributed by atoms with Crippen LogP contribution in [0.5, 0.6) is 0 Å². The Morgan fingerprint density at radius 2 is 1.75 bits per heavy atom. The highest BCUT2D eigenvalue weighted by molar-refractivity contribution is 6.30.